The number of nitrogens with zero attached hydrogens (tertiary/aromatic N) is 2. The number of aromatic nitrogens is 3. The van der Waals surface area contributed by atoms with Crippen molar-refractivity contribution in [1.82, 2.24) is 15.2 Å². The van der Waals surface area contributed by atoms with Crippen LogP contribution in [0.5, 0.6) is 0 Å². The molecule has 0 bridgehead atoms. The number of nitrogen functional groups attached to an aromatic ring is 1. The number of aliphatic hydroxyl groups is 2. The number of hydrogen-bond donors (Lipinski definition) is 4. The van der Waals surface area contributed by atoms with Crippen molar-refractivity contribution in [3.63, 3.8) is 0 Å². The summed E-state index contributed by atoms with van der Waals surface area (Å²) in [5.41, 5.74) is 5.04. The average molecular weight is 130 g/mol. The minimum atomic E-state index is -1.63. The molecule has 1 aromatic rings. The van der Waals surface area contributed by atoms with E-state index in [4.69, 9.17) is 15.9 Å². The van der Waals surface area contributed by atoms with Crippen molar-refractivity contribution in [3.05, 3.63) is 5.82 Å². The van der Waals surface area contributed by atoms with E-state index in [1.54, 1.807) is 0 Å². The van der Waals surface area contributed by atoms with E-state index >= 15 is 0 Å². The quantitative estimate of drug-likeness (QED) is 0.341. The molecule has 0 fully saturated rings. The average Bonchev–Trinajstić information content (AvgIpc) is 2.14. The van der Waals surface area contributed by atoms with E-state index in [1.807, 2.05) is 0 Å². The highest BCUT2D eigenvalue weighted by atomic mass is 16.5. The van der Waals surface area contributed by atoms with Crippen LogP contribution in [0.2, 0.25) is 0 Å². The lowest BCUT2D eigenvalue weighted by Crippen LogP contribution is -1.97. The maximum absolute atomic E-state index is 8.40. The summed E-state index contributed by atoms with van der Waals surface area (Å²) in [5, 5.41) is 22.4. The second-order valence-corrected chi connectivity index (χ2v) is 1.45. The first-order valence-electron chi connectivity index (χ1n) is 2.24. The van der Waals surface area contributed by atoms with Crippen LogP contribution in [0.4, 0.5) is 5.95 Å². The Morgan fingerprint density at radius 3 is 2.44 bits per heavy atom. The molecule has 1 aromatic heterocycles. The molecular weight excluding hydrogens is 124 g/mol. The fourth-order valence-corrected chi connectivity index (χ4v) is 0.403. The molecule has 1 rings (SSSR count). The van der Waals surface area contributed by atoms with E-state index in [9.17, 15) is 0 Å². The van der Waals surface area contributed by atoms with E-state index < -0.39 is 6.29 Å². The molecule has 9 heavy (non-hydrogen) atoms. The molecule has 0 atom stereocenters. The molecule has 6 nitrogen and oxygen atoms in total. The van der Waals surface area contributed by atoms with Crippen LogP contribution in [0.3, 0.4) is 0 Å². The lowest BCUT2D eigenvalue weighted by Gasteiger charge is -1.92. The SMILES string of the molecule is Nc1n[nH]c(C(O)O)n1. The van der Waals surface area contributed by atoms with Gasteiger partial charge in [-0.25, -0.2) is 0 Å². The fraction of sp³-hybridized carbons (Fsp3) is 0.333. The molecule has 0 saturated heterocycles. The first kappa shape index (κ1) is 5.99. The van der Waals surface area contributed by atoms with Gasteiger partial charge >= 0.3 is 0 Å². The number of H-pyrrole nitrogens is 1. The third-order valence-corrected chi connectivity index (χ3v) is 0.765. The van der Waals surface area contributed by atoms with E-state index in [0.717, 1.165) is 0 Å². The van der Waals surface area contributed by atoms with Gasteiger partial charge in [0.05, 0.1) is 0 Å². The normalized spacial score (nSPS) is 10.6. The molecule has 0 aliphatic rings. The van der Waals surface area contributed by atoms with Crippen LogP contribution in [-0.4, -0.2) is 25.4 Å². The van der Waals surface area contributed by atoms with Gasteiger partial charge in [-0.2, -0.15) is 4.98 Å². The summed E-state index contributed by atoms with van der Waals surface area (Å²) in [7, 11) is 0. The summed E-state index contributed by atoms with van der Waals surface area (Å²) in [6.07, 6.45) is -1.63. The van der Waals surface area contributed by atoms with E-state index in [-0.39, 0.29) is 11.8 Å². The highest BCUT2D eigenvalue weighted by Gasteiger charge is 2.05. The highest BCUT2D eigenvalue weighted by molar-refractivity contribution is 5.12. The van der Waals surface area contributed by atoms with Crippen molar-refractivity contribution in [2.75, 3.05) is 5.73 Å². The van der Waals surface area contributed by atoms with Gasteiger partial charge < -0.3 is 15.9 Å². The maximum atomic E-state index is 8.40. The highest BCUT2D eigenvalue weighted by Crippen LogP contribution is 2.01. The molecule has 0 amide bonds. The molecule has 6 heteroatoms. The Morgan fingerprint density at radius 1 is 1.56 bits per heavy atom. The number of nitrogens with one attached hydrogen (secondary N) is 1. The number of nitrogens with two attached hydrogens (primary N) is 1. The maximum Gasteiger partial charge on any atom is 0.239 e. The molecular formula is C3H6N4O2. The van der Waals surface area contributed by atoms with Crippen LogP contribution in [-0.2, 0) is 0 Å². The Bertz CT molecular complexity index is 195. The van der Waals surface area contributed by atoms with Crippen LogP contribution in [0, 0.1) is 0 Å². The first-order valence-corrected chi connectivity index (χ1v) is 2.24. The number of rotatable bonds is 1. The van der Waals surface area contributed by atoms with Crippen LogP contribution in [0.1, 0.15) is 12.1 Å². The Labute approximate surface area is 50.3 Å². The Hall–Kier alpha value is -1.14. The van der Waals surface area contributed by atoms with E-state index in [1.165, 1.54) is 0 Å². The smallest absolute Gasteiger partial charge is 0.239 e. The Balaban J connectivity index is 2.85. The second-order valence-electron chi connectivity index (χ2n) is 1.45. The van der Waals surface area contributed by atoms with E-state index in [2.05, 4.69) is 15.2 Å². The van der Waals surface area contributed by atoms with Crippen molar-refractivity contribution in [3.8, 4) is 0 Å². The Morgan fingerprint density at radius 2 is 2.22 bits per heavy atom. The number of hydrogen-bond acceptors (Lipinski definition) is 5. The van der Waals surface area contributed by atoms with Gasteiger partial charge in [0.1, 0.15) is 0 Å². The summed E-state index contributed by atoms with van der Waals surface area (Å²) in [5.74, 6) is -0.0504. The van der Waals surface area contributed by atoms with E-state index in [0.29, 0.717) is 0 Å². The second kappa shape index (κ2) is 2.00. The summed E-state index contributed by atoms with van der Waals surface area (Å²) in [6, 6.07) is 0. The molecule has 0 aliphatic carbocycles. The number of aromatic amines is 1. The van der Waals surface area contributed by atoms with Gasteiger partial charge in [0.15, 0.2) is 5.82 Å². The molecule has 5 N–H and O–H groups in total. The molecule has 50 valence electrons. The van der Waals surface area contributed by atoms with Crippen molar-refractivity contribution < 1.29 is 10.2 Å². The largest absolute Gasteiger partial charge is 0.367 e. The van der Waals surface area contributed by atoms with Crippen LogP contribution < -0.4 is 5.73 Å². The summed E-state index contributed by atoms with van der Waals surface area (Å²) >= 11 is 0. The zero-order valence-corrected chi connectivity index (χ0v) is 4.44. The minimum absolute atomic E-state index is 0.00176. The van der Waals surface area contributed by atoms with Gasteiger partial charge in [0, 0.05) is 0 Å². The number of anilines is 1. The summed E-state index contributed by atoms with van der Waals surface area (Å²) in [6.45, 7) is 0. The molecule has 0 saturated carbocycles. The predicted octanol–water partition coefficient (Wildman–Crippen LogP) is -1.63. The predicted molar refractivity (Wildman–Crippen MR) is 28.0 cm³/mol. The monoisotopic (exact) mass is 130 g/mol. The topological polar surface area (TPSA) is 108 Å². The van der Waals surface area contributed by atoms with Crippen molar-refractivity contribution in [1.29, 1.82) is 0 Å². The van der Waals surface area contributed by atoms with Crippen LogP contribution in [0.25, 0.3) is 0 Å². The minimum Gasteiger partial charge on any atom is -0.367 e. The molecule has 1 heterocycles. The van der Waals surface area contributed by atoms with Gasteiger partial charge in [-0.3, -0.25) is 5.10 Å². The fourth-order valence-electron chi connectivity index (χ4n) is 0.403. The van der Waals surface area contributed by atoms with Crippen molar-refractivity contribution in [2.24, 2.45) is 0 Å². The third kappa shape index (κ3) is 1.15. The molecule has 0 spiro atoms. The Kier molecular flexibility index (Phi) is 1.33. The molecule has 0 aliphatic heterocycles. The van der Waals surface area contributed by atoms with Gasteiger partial charge in [-0.05, 0) is 0 Å². The standard InChI is InChI=1S/C3H6N4O2/c4-3-5-1(2(8)9)6-7-3/h2,8-9H,(H3,4,5,6,7). The van der Waals surface area contributed by atoms with Crippen molar-refractivity contribution in [2.45, 2.75) is 6.29 Å². The number of aliphatic hydroxyl groups excluding tert-OH is 1. The molecule has 0 unspecified atom stereocenters. The third-order valence-electron chi connectivity index (χ3n) is 0.765. The zero-order chi connectivity index (χ0) is 6.85. The van der Waals surface area contributed by atoms with Crippen molar-refractivity contribution >= 4 is 5.95 Å². The van der Waals surface area contributed by atoms with Crippen LogP contribution >= 0.6 is 0 Å². The lowest BCUT2D eigenvalue weighted by atomic mass is 10.6. The molecule has 0 radical (unpaired) electrons. The van der Waals surface area contributed by atoms with Gasteiger partial charge in [0.25, 0.3) is 0 Å². The van der Waals surface area contributed by atoms with Crippen LogP contribution in [0.15, 0.2) is 0 Å². The molecule has 0 aromatic carbocycles. The summed E-state index contributed by atoms with van der Waals surface area (Å²) in [4.78, 5) is 3.42. The lowest BCUT2D eigenvalue weighted by molar-refractivity contribution is -0.0491. The summed E-state index contributed by atoms with van der Waals surface area (Å²) < 4.78 is 0. The van der Waals surface area contributed by atoms with Gasteiger partial charge in [-0.1, -0.05) is 0 Å². The first-order chi connectivity index (χ1) is 4.20. The van der Waals surface area contributed by atoms with Gasteiger partial charge in [0.2, 0.25) is 12.2 Å². The van der Waals surface area contributed by atoms with Gasteiger partial charge in [-0.15, -0.1) is 5.10 Å². The zero-order valence-electron chi connectivity index (χ0n) is 4.44.